The second-order valence-corrected chi connectivity index (χ2v) is 9.22. The highest BCUT2D eigenvalue weighted by Crippen LogP contribution is 2.29. The molecule has 32 heavy (non-hydrogen) atoms. The number of rotatable bonds is 7. The number of hydrogen-bond acceptors (Lipinski definition) is 4. The highest BCUT2D eigenvalue weighted by atomic mass is 32.1. The molecule has 1 amide bonds. The number of halogens is 2. The maximum atomic E-state index is 14.0. The number of nitrogens with one attached hydrogen (secondary N) is 1. The van der Waals surface area contributed by atoms with Crippen molar-refractivity contribution in [3.05, 3.63) is 77.0 Å². The summed E-state index contributed by atoms with van der Waals surface area (Å²) >= 11 is 1.11. The zero-order valence-corrected chi connectivity index (χ0v) is 18.7. The lowest BCUT2D eigenvalue weighted by molar-refractivity contribution is 0.0937. The van der Waals surface area contributed by atoms with E-state index >= 15 is 0 Å². The van der Waals surface area contributed by atoms with Gasteiger partial charge in [-0.1, -0.05) is 30.4 Å². The molecule has 1 fully saturated rings. The molecule has 0 saturated carbocycles. The van der Waals surface area contributed by atoms with Crippen LogP contribution in [0.4, 0.5) is 8.78 Å². The van der Waals surface area contributed by atoms with E-state index in [2.05, 4.69) is 45.6 Å². The summed E-state index contributed by atoms with van der Waals surface area (Å²) < 4.78 is 27.1. The molecule has 1 aliphatic heterocycles. The minimum atomic E-state index is -0.658. The van der Waals surface area contributed by atoms with Gasteiger partial charge in [0.15, 0.2) is 5.01 Å². The molecule has 2 aliphatic rings. The number of amides is 1. The van der Waals surface area contributed by atoms with E-state index in [9.17, 15) is 13.6 Å². The molecule has 1 aliphatic carbocycles. The van der Waals surface area contributed by atoms with Crippen molar-refractivity contribution in [1.29, 1.82) is 0 Å². The Balaban J connectivity index is 1.21. The lowest BCUT2D eigenvalue weighted by Crippen LogP contribution is -2.38. The molecular weight excluding hydrogens is 428 g/mol. The molecule has 4 nitrogen and oxygen atoms in total. The number of likely N-dealkylation sites (tertiary alicyclic amines) is 1. The van der Waals surface area contributed by atoms with Crippen molar-refractivity contribution in [3.63, 3.8) is 0 Å². The molecule has 1 N–H and O–H groups in total. The summed E-state index contributed by atoms with van der Waals surface area (Å²) in [5.74, 6) is -1.09. The lowest BCUT2D eigenvalue weighted by atomic mass is 9.96. The molecule has 2 heterocycles. The number of thiazole rings is 1. The third-order valence-electron chi connectivity index (χ3n) is 5.85. The van der Waals surface area contributed by atoms with Crippen LogP contribution in [0.1, 0.15) is 35.5 Å². The van der Waals surface area contributed by atoms with Crippen LogP contribution in [-0.4, -0.2) is 42.0 Å². The van der Waals surface area contributed by atoms with Crippen LogP contribution in [0.15, 0.2) is 60.3 Å². The van der Waals surface area contributed by atoms with E-state index < -0.39 is 11.6 Å². The first-order valence-electron chi connectivity index (χ1n) is 11.0. The van der Waals surface area contributed by atoms with Gasteiger partial charge in [-0.3, -0.25) is 9.69 Å². The molecule has 0 atom stereocenters. The second kappa shape index (κ2) is 10.8. The number of hydrogen-bond donors (Lipinski definition) is 1. The van der Waals surface area contributed by atoms with Gasteiger partial charge < -0.3 is 5.32 Å². The Hall–Kier alpha value is -2.64. The summed E-state index contributed by atoms with van der Waals surface area (Å²) in [6.45, 7) is 3.60. The molecule has 2 aromatic rings. The standard InChI is InChI=1S/C25H27F2N3OS/c26-20-8-9-21(22(27)15-20)23-17-29-25(32-23)24(31)28-16-19-10-13-30(14-11-19)12-4-7-18-5-2-1-3-6-18/h2,4-9,15,17,19H,1,3,10-14,16H2,(H,28,31)/b7-4+. The summed E-state index contributed by atoms with van der Waals surface area (Å²) in [7, 11) is 0. The molecule has 0 bridgehead atoms. The minimum Gasteiger partial charge on any atom is -0.350 e. The summed E-state index contributed by atoms with van der Waals surface area (Å²) in [6.07, 6.45) is 16.9. The van der Waals surface area contributed by atoms with Crippen LogP contribution >= 0.6 is 11.3 Å². The molecule has 1 saturated heterocycles. The van der Waals surface area contributed by atoms with E-state index in [1.54, 1.807) is 0 Å². The Morgan fingerprint density at radius 3 is 2.84 bits per heavy atom. The van der Waals surface area contributed by atoms with Gasteiger partial charge in [0, 0.05) is 30.9 Å². The fourth-order valence-electron chi connectivity index (χ4n) is 3.97. The number of nitrogens with zero attached hydrogens (tertiary/aromatic N) is 2. The Morgan fingerprint density at radius 1 is 1.25 bits per heavy atom. The third-order valence-corrected chi connectivity index (χ3v) is 6.88. The fraction of sp³-hybridized carbons (Fsp3) is 0.360. The number of aromatic nitrogens is 1. The van der Waals surface area contributed by atoms with Gasteiger partial charge in [-0.2, -0.15) is 0 Å². The monoisotopic (exact) mass is 455 g/mol. The van der Waals surface area contributed by atoms with Crippen LogP contribution in [0.3, 0.4) is 0 Å². The number of allylic oxidation sites excluding steroid dienone is 5. The SMILES string of the molecule is O=C(NCC1CCN(C/C=C/C2=CCCC=C2)CC1)c1ncc(-c2ccc(F)cc2F)s1. The number of carbonyl (C=O) groups excluding carboxylic acids is 1. The zero-order chi connectivity index (χ0) is 22.3. The molecule has 1 aromatic carbocycles. The highest BCUT2D eigenvalue weighted by molar-refractivity contribution is 7.17. The summed E-state index contributed by atoms with van der Waals surface area (Å²) in [5.41, 5.74) is 1.54. The van der Waals surface area contributed by atoms with Crippen LogP contribution in [0.25, 0.3) is 10.4 Å². The van der Waals surface area contributed by atoms with Crippen molar-refractivity contribution < 1.29 is 13.6 Å². The maximum Gasteiger partial charge on any atom is 0.280 e. The molecule has 1 aromatic heterocycles. The van der Waals surface area contributed by atoms with Crippen LogP contribution in [0, 0.1) is 17.6 Å². The molecule has 0 spiro atoms. The summed E-state index contributed by atoms with van der Waals surface area (Å²) in [5, 5.41) is 3.26. The maximum absolute atomic E-state index is 14.0. The molecule has 7 heteroatoms. The molecule has 168 valence electrons. The largest absolute Gasteiger partial charge is 0.350 e. The summed E-state index contributed by atoms with van der Waals surface area (Å²) in [6, 6.07) is 3.40. The van der Waals surface area contributed by atoms with Crippen molar-refractivity contribution in [3.8, 4) is 10.4 Å². The average Bonchev–Trinajstić information content (AvgIpc) is 3.29. The smallest absolute Gasteiger partial charge is 0.280 e. The first-order chi connectivity index (χ1) is 15.6. The third kappa shape index (κ3) is 5.99. The zero-order valence-electron chi connectivity index (χ0n) is 17.9. The van der Waals surface area contributed by atoms with Crippen molar-refractivity contribution >= 4 is 17.2 Å². The van der Waals surface area contributed by atoms with E-state index in [1.807, 2.05) is 0 Å². The fourth-order valence-corrected chi connectivity index (χ4v) is 4.83. The van der Waals surface area contributed by atoms with Crippen LogP contribution < -0.4 is 5.32 Å². The average molecular weight is 456 g/mol. The van der Waals surface area contributed by atoms with E-state index in [1.165, 1.54) is 23.9 Å². The van der Waals surface area contributed by atoms with Gasteiger partial charge in [-0.15, -0.1) is 11.3 Å². The van der Waals surface area contributed by atoms with Crippen molar-refractivity contribution in [2.45, 2.75) is 25.7 Å². The van der Waals surface area contributed by atoms with Gasteiger partial charge in [-0.05, 0) is 62.4 Å². The lowest BCUT2D eigenvalue weighted by Gasteiger charge is -2.31. The highest BCUT2D eigenvalue weighted by Gasteiger charge is 2.20. The van der Waals surface area contributed by atoms with Gasteiger partial charge in [0.2, 0.25) is 0 Å². The van der Waals surface area contributed by atoms with Crippen LogP contribution in [0.5, 0.6) is 0 Å². The normalized spacial score (nSPS) is 17.6. The van der Waals surface area contributed by atoms with Crippen LogP contribution in [0.2, 0.25) is 0 Å². The topological polar surface area (TPSA) is 45.2 Å². The minimum absolute atomic E-state index is 0.247. The Bertz CT molecular complexity index is 1040. The molecule has 4 rings (SSSR count). The van der Waals surface area contributed by atoms with Gasteiger partial charge in [-0.25, -0.2) is 13.8 Å². The Labute approximate surface area is 191 Å². The van der Waals surface area contributed by atoms with E-state index in [4.69, 9.17) is 0 Å². The van der Waals surface area contributed by atoms with Crippen molar-refractivity contribution in [2.24, 2.45) is 5.92 Å². The number of benzene rings is 1. The first-order valence-corrected chi connectivity index (χ1v) is 11.8. The molecule has 0 radical (unpaired) electrons. The van der Waals surface area contributed by atoms with E-state index in [0.717, 1.165) is 62.7 Å². The van der Waals surface area contributed by atoms with E-state index in [0.29, 0.717) is 17.3 Å². The van der Waals surface area contributed by atoms with Crippen LogP contribution in [-0.2, 0) is 0 Å². The second-order valence-electron chi connectivity index (χ2n) is 8.19. The van der Waals surface area contributed by atoms with Crippen molar-refractivity contribution in [2.75, 3.05) is 26.2 Å². The predicted octanol–water partition coefficient (Wildman–Crippen LogP) is 5.36. The quantitative estimate of drug-likeness (QED) is 0.611. The van der Waals surface area contributed by atoms with Gasteiger partial charge >= 0.3 is 0 Å². The first kappa shape index (κ1) is 22.6. The van der Waals surface area contributed by atoms with Gasteiger partial charge in [0.25, 0.3) is 5.91 Å². The summed E-state index contributed by atoms with van der Waals surface area (Å²) in [4.78, 5) is 19.5. The molecule has 0 unspecified atom stereocenters. The number of piperidine rings is 1. The predicted molar refractivity (Wildman–Crippen MR) is 125 cm³/mol. The Kier molecular flexibility index (Phi) is 7.60. The van der Waals surface area contributed by atoms with Gasteiger partial charge in [0.1, 0.15) is 11.6 Å². The molecular formula is C25H27F2N3OS. The van der Waals surface area contributed by atoms with E-state index in [-0.39, 0.29) is 16.5 Å². The number of carbonyl (C=O) groups is 1. The Morgan fingerprint density at radius 2 is 2.09 bits per heavy atom. The van der Waals surface area contributed by atoms with Crippen molar-refractivity contribution in [1.82, 2.24) is 15.2 Å². The van der Waals surface area contributed by atoms with Gasteiger partial charge in [0.05, 0.1) is 4.88 Å².